The van der Waals surface area contributed by atoms with Gasteiger partial charge in [-0.05, 0) is 83.8 Å². The van der Waals surface area contributed by atoms with Crippen molar-refractivity contribution < 1.29 is 43.6 Å². The first kappa shape index (κ1) is 38.9. The lowest BCUT2D eigenvalue weighted by molar-refractivity contribution is -0.179. The van der Waals surface area contributed by atoms with Crippen LogP contribution < -0.4 is 19.7 Å². The van der Waals surface area contributed by atoms with Gasteiger partial charge in [-0.1, -0.05) is 84.6 Å². The molecule has 3 amide bonds. The number of fused-ring (bicyclic) bond motifs is 3. The molecule has 3 N–H and O–H groups in total. The van der Waals surface area contributed by atoms with E-state index >= 15 is 4.79 Å². The van der Waals surface area contributed by atoms with Crippen LogP contribution in [0.3, 0.4) is 0 Å². The SMILES string of the molecule is CCNC(=O)N1C(=O)[C@@]2(c3cc(C#Cc4ccc(OC)cc4)ccc31)[C@H](c1cccc(OCCO)c1)N1C(C(=O)O[C@@H](c3ccccc3)[C@H]1c1ccccc1)[C@@H]2C(=O)O. The molecule has 5 aromatic carbocycles. The fourth-order valence-corrected chi connectivity index (χ4v) is 8.95. The number of urea groups is 1. The Balaban J connectivity index is 1.44. The quantitative estimate of drug-likeness (QED) is 0.121. The number of aliphatic hydroxyl groups is 1. The summed E-state index contributed by atoms with van der Waals surface area (Å²) in [5.74, 6) is 2.49. The summed E-state index contributed by atoms with van der Waals surface area (Å²) in [5.41, 5.74) is 1.23. The number of hydrogen-bond acceptors (Lipinski definition) is 9. The van der Waals surface area contributed by atoms with E-state index in [9.17, 15) is 24.6 Å². The van der Waals surface area contributed by atoms with Crippen molar-refractivity contribution in [1.29, 1.82) is 0 Å². The van der Waals surface area contributed by atoms with Gasteiger partial charge in [-0.2, -0.15) is 0 Å². The van der Waals surface area contributed by atoms with E-state index in [2.05, 4.69) is 17.2 Å². The second-order valence-electron chi connectivity index (χ2n) is 14.4. The number of carbonyl (C=O) groups is 4. The van der Waals surface area contributed by atoms with Crippen LogP contribution in [-0.4, -0.2) is 71.9 Å². The van der Waals surface area contributed by atoms with Crippen LogP contribution in [0.1, 0.15) is 58.5 Å². The Kier molecular flexibility index (Phi) is 10.6. The predicted molar refractivity (Wildman–Crippen MR) is 217 cm³/mol. The number of carbonyl (C=O) groups excluding carboxylic acids is 3. The summed E-state index contributed by atoms with van der Waals surface area (Å²) in [6.45, 7) is 1.61. The number of ether oxygens (including phenoxy) is 3. The molecule has 2 saturated heterocycles. The van der Waals surface area contributed by atoms with Crippen LogP contribution in [0.15, 0.2) is 127 Å². The summed E-state index contributed by atoms with van der Waals surface area (Å²) >= 11 is 0. The van der Waals surface area contributed by atoms with Gasteiger partial charge in [-0.25, -0.2) is 9.69 Å². The van der Waals surface area contributed by atoms with E-state index in [0.717, 1.165) is 4.90 Å². The minimum Gasteiger partial charge on any atom is -0.497 e. The molecule has 0 aliphatic carbocycles. The molecule has 3 aliphatic heterocycles. The molecule has 0 bridgehead atoms. The lowest BCUT2D eigenvalue weighted by Crippen LogP contribution is -2.54. The van der Waals surface area contributed by atoms with E-state index in [1.54, 1.807) is 85.7 Å². The Morgan fingerprint density at radius 1 is 0.797 bits per heavy atom. The normalized spacial score (nSPS) is 23.1. The molecule has 3 heterocycles. The number of nitrogens with one attached hydrogen (secondary N) is 1. The lowest BCUT2D eigenvalue weighted by atomic mass is 9.65. The average Bonchev–Trinajstić information content (AvgIpc) is 3.72. The van der Waals surface area contributed by atoms with Gasteiger partial charge in [0.25, 0.3) is 0 Å². The first-order valence-electron chi connectivity index (χ1n) is 19.3. The van der Waals surface area contributed by atoms with Gasteiger partial charge < -0.3 is 29.7 Å². The Morgan fingerprint density at radius 2 is 1.46 bits per heavy atom. The molecule has 12 heteroatoms. The standard InChI is InChI=1S/C47H41N3O9/c1-3-48-46(56)49-37-24-21-30(18-17-29-19-22-34(57-2)23-20-29)27-36(37)47(45(49)55)38(43(52)53)40-44(54)59-41(32-13-8-5-9-14-32)39(31-11-6-4-7-12-31)50(40)42(47)33-15-10-16-35(28-33)58-26-25-51/h4-16,19-24,27-28,38-42,51H,3,25-26H2,1-2H3,(H,48,56)(H,52,53)/t38-,39-,40?,41+,42+,47-/m1/s1. The van der Waals surface area contributed by atoms with Crippen molar-refractivity contribution in [3.63, 3.8) is 0 Å². The van der Waals surface area contributed by atoms with Crippen LogP contribution in [0, 0.1) is 17.8 Å². The molecule has 0 aromatic heterocycles. The molecule has 298 valence electrons. The van der Waals surface area contributed by atoms with Crippen molar-refractivity contribution in [2.75, 3.05) is 31.8 Å². The van der Waals surface area contributed by atoms with Crippen molar-refractivity contribution in [2.45, 2.75) is 36.6 Å². The number of cyclic esters (lactones) is 1. The fraction of sp³-hybridized carbons (Fsp3) is 0.234. The zero-order valence-corrected chi connectivity index (χ0v) is 32.3. The predicted octanol–water partition coefficient (Wildman–Crippen LogP) is 5.95. The smallest absolute Gasteiger partial charge is 0.328 e. The maximum atomic E-state index is 15.8. The third-order valence-corrected chi connectivity index (χ3v) is 11.2. The fourth-order valence-electron chi connectivity index (χ4n) is 8.95. The Bertz CT molecular complexity index is 2470. The second-order valence-corrected chi connectivity index (χ2v) is 14.4. The van der Waals surface area contributed by atoms with Gasteiger partial charge in [0.1, 0.15) is 41.6 Å². The molecule has 2 fully saturated rings. The number of amides is 3. The highest BCUT2D eigenvalue weighted by molar-refractivity contribution is 6.24. The third-order valence-electron chi connectivity index (χ3n) is 11.2. The van der Waals surface area contributed by atoms with Crippen molar-refractivity contribution >= 4 is 29.6 Å². The average molecular weight is 792 g/mol. The molecular weight excluding hydrogens is 751 g/mol. The van der Waals surface area contributed by atoms with Crippen molar-refractivity contribution in [1.82, 2.24) is 10.2 Å². The van der Waals surface area contributed by atoms with E-state index in [4.69, 9.17) is 14.2 Å². The molecule has 3 aliphatic rings. The number of aliphatic carboxylic acids is 1. The first-order valence-corrected chi connectivity index (χ1v) is 19.3. The van der Waals surface area contributed by atoms with Crippen LogP contribution in [0.5, 0.6) is 11.5 Å². The maximum Gasteiger partial charge on any atom is 0.328 e. The van der Waals surface area contributed by atoms with Gasteiger partial charge >= 0.3 is 18.0 Å². The number of carboxylic acids is 1. The van der Waals surface area contributed by atoms with Crippen LogP contribution >= 0.6 is 0 Å². The minimum atomic E-state index is -2.11. The molecule has 1 unspecified atom stereocenters. The number of methoxy groups -OCH3 is 1. The van der Waals surface area contributed by atoms with Gasteiger partial charge in [-0.3, -0.25) is 19.3 Å². The summed E-state index contributed by atoms with van der Waals surface area (Å²) in [4.78, 5) is 61.5. The van der Waals surface area contributed by atoms with Crippen molar-refractivity contribution in [3.8, 4) is 23.3 Å². The second kappa shape index (κ2) is 16.1. The molecule has 6 atom stereocenters. The first-order chi connectivity index (χ1) is 28.7. The van der Waals surface area contributed by atoms with Gasteiger partial charge in [-0.15, -0.1) is 0 Å². The zero-order chi connectivity index (χ0) is 41.3. The summed E-state index contributed by atoms with van der Waals surface area (Å²) in [6.07, 6.45) is -0.930. The number of morpholine rings is 1. The molecule has 0 saturated carbocycles. The Labute approximate surface area is 340 Å². The highest BCUT2D eigenvalue weighted by Crippen LogP contribution is 2.66. The number of aliphatic hydroxyl groups excluding tert-OH is 1. The van der Waals surface area contributed by atoms with E-state index in [1.165, 1.54) is 0 Å². The zero-order valence-electron chi connectivity index (χ0n) is 32.3. The topological polar surface area (TPSA) is 155 Å². The van der Waals surface area contributed by atoms with Crippen molar-refractivity contribution in [3.05, 3.63) is 161 Å². The molecular formula is C47H41N3O9. The molecule has 5 aromatic rings. The van der Waals surface area contributed by atoms with Gasteiger partial charge in [0.2, 0.25) is 5.91 Å². The molecule has 0 radical (unpaired) electrons. The molecule has 12 nitrogen and oxygen atoms in total. The van der Waals surface area contributed by atoms with Crippen LogP contribution in [0.4, 0.5) is 10.5 Å². The number of esters is 1. The lowest BCUT2D eigenvalue weighted by Gasteiger charge is -2.46. The molecule has 59 heavy (non-hydrogen) atoms. The number of benzene rings is 5. The summed E-state index contributed by atoms with van der Waals surface area (Å²) in [5, 5.41) is 23.9. The molecule has 8 rings (SSSR count). The number of anilines is 1. The summed E-state index contributed by atoms with van der Waals surface area (Å²) < 4.78 is 17.5. The number of imide groups is 1. The van der Waals surface area contributed by atoms with E-state index in [1.807, 2.05) is 60.7 Å². The summed E-state index contributed by atoms with van der Waals surface area (Å²) in [7, 11) is 1.57. The monoisotopic (exact) mass is 791 g/mol. The largest absolute Gasteiger partial charge is 0.497 e. The number of carboxylic acid groups (broad SMARTS) is 1. The Morgan fingerprint density at radius 3 is 2.12 bits per heavy atom. The number of nitrogens with zero attached hydrogens (tertiary/aromatic N) is 2. The van der Waals surface area contributed by atoms with E-state index in [0.29, 0.717) is 39.3 Å². The van der Waals surface area contributed by atoms with Crippen molar-refractivity contribution in [2.24, 2.45) is 5.92 Å². The minimum absolute atomic E-state index is 0.0264. The third kappa shape index (κ3) is 6.64. The van der Waals surface area contributed by atoms with E-state index < -0.39 is 59.4 Å². The maximum absolute atomic E-state index is 15.8. The van der Waals surface area contributed by atoms with E-state index in [-0.39, 0.29) is 31.0 Å². The molecule has 1 spiro atoms. The Hall–Kier alpha value is -6.94. The van der Waals surface area contributed by atoms with Gasteiger partial charge in [0.05, 0.1) is 31.5 Å². The van der Waals surface area contributed by atoms with Gasteiger partial charge in [0, 0.05) is 17.7 Å². The van der Waals surface area contributed by atoms with Crippen LogP contribution in [0.2, 0.25) is 0 Å². The van der Waals surface area contributed by atoms with Crippen LogP contribution in [0.25, 0.3) is 0 Å². The van der Waals surface area contributed by atoms with Gasteiger partial charge in [0.15, 0.2) is 0 Å². The highest BCUT2D eigenvalue weighted by Gasteiger charge is 2.76. The number of hydrogen-bond donors (Lipinski definition) is 3. The highest BCUT2D eigenvalue weighted by atomic mass is 16.6. The summed E-state index contributed by atoms with van der Waals surface area (Å²) in [6, 6.07) is 33.2. The van der Waals surface area contributed by atoms with Crippen LogP contribution in [-0.2, 0) is 24.5 Å². The number of rotatable bonds is 9.